The summed E-state index contributed by atoms with van der Waals surface area (Å²) in [6.45, 7) is 5.10. The first-order chi connectivity index (χ1) is 19.2. The van der Waals surface area contributed by atoms with Gasteiger partial charge in [-0.05, 0) is 68.7 Å². The molecule has 3 atom stereocenters. The van der Waals surface area contributed by atoms with Crippen LogP contribution in [0.3, 0.4) is 0 Å². The Morgan fingerprint density at radius 3 is 2.42 bits per heavy atom. The van der Waals surface area contributed by atoms with E-state index in [1.54, 1.807) is 41.5 Å². The summed E-state index contributed by atoms with van der Waals surface area (Å²) in [4.78, 5) is 28.8. The Morgan fingerprint density at radius 1 is 1.07 bits per heavy atom. The first-order valence-corrected chi connectivity index (χ1v) is 13.6. The molecule has 3 aromatic heterocycles. The van der Waals surface area contributed by atoms with Gasteiger partial charge in [0.05, 0.1) is 17.0 Å². The summed E-state index contributed by atoms with van der Waals surface area (Å²) in [6.07, 6.45) is 7.16. The van der Waals surface area contributed by atoms with Crippen molar-refractivity contribution < 1.29 is 13.9 Å². The topological polar surface area (TPSA) is 112 Å². The second-order valence-corrected chi connectivity index (χ2v) is 11.6. The molecule has 4 aromatic rings. The number of carbonyl (C=O) groups is 1. The number of hydrogen-bond donors (Lipinski definition) is 1. The molecule has 1 saturated heterocycles. The van der Waals surface area contributed by atoms with Gasteiger partial charge in [-0.25, -0.2) is 24.0 Å². The summed E-state index contributed by atoms with van der Waals surface area (Å²) in [5.41, 5.74) is 9.64. The number of piperidine rings is 1. The number of amides is 1. The molecule has 3 fully saturated rings. The van der Waals surface area contributed by atoms with Crippen LogP contribution in [0, 0.1) is 17.7 Å². The highest BCUT2D eigenvalue weighted by Gasteiger charge is 2.59. The maximum atomic E-state index is 13.6. The van der Waals surface area contributed by atoms with Crippen LogP contribution < -0.4 is 10.5 Å². The van der Waals surface area contributed by atoms with Gasteiger partial charge in [-0.15, -0.1) is 0 Å². The van der Waals surface area contributed by atoms with Crippen molar-refractivity contribution >= 4 is 5.91 Å². The number of hydrogen-bond acceptors (Lipinski definition) is 7. The highest BCUT2D eigenvalue weighted by Crippen LogP contribution is 2.49. The molecular weight excluding hydrogens is 509 g/mol. The number of fused-ring (bicyclic) bond motifs is 1. The summed E-state index contributed by atoms with van der Waals surface area (Å²) in [7, 11) is 0. The zero-order chi connectivity index (χ0) is 27.6. The summed E-state index contributed by atoms with van der Waals surface area (Å²) in [6, 6.07) is 11.8. The van der Waals surface area contributed by atoms with Crippen LogP contribution in [0.2, 0.25) is 0 Å². The monoisotopic (exact) mass is 539 g/mol. The minimum absolute atomic E-state index is 0.00127. The van der Waals surface area contributed by atoms with E-state index in [0.29, 0.717) is 42.1 Å². The van der Waals surface area contributed by atoms with Gasteiger partial charge in [0.1, 0.15) is 11.9 Å². The molecule has 1 amide bonds. The van der Waals surface area contributed by atoms with Gasteiger partial charge in [0.25, 0.3) is 5.91 Å². The SMILES string of the molecule is CC(C)(N)c1cc(O[C@@H]2[C@@H]3CN(C(=O)c4cn(-c5ncccn5)nc4C4CC4)C[C@@H]32)nc(-c2ccc(F)cc2)c1. The van der Waals surface area contributed by atoms with Gasteiger partial charge in [-0.2, -0.15) is 5.10 Å². The van der Waals surface area contributed by atoms with E-state index < -0.39 is 5.54 Å². The average Bonchev–Trinajstić information content (AvgIpc) is 3.79. The summed E-state index contributed by atoms with van der Waals surface area (Å²) >= 11 is 0. The molecular formula is C30H30FN7O2. The third kappa shape index (κ3) is 4.62. The normalized spacial score (nSPS) is 21.8. The molecule has 1 aromatic carbocycles. The van der Waals surface area contributed by atoms with E-state index in [1.807, 2.05) is 30.9 Å². The predicted molar refractivity (Wildman–Crippen MR) is 145 cm³/mol. The molecule has 0 spiro atoms. The van der Waals surface area contributed by atoms with Gasteiger partial charge in [0, 0.05) is 66.6 Å². The lowest BCUT2D eigenvalue weighted by molar-refractivity contribution is 0.0750. The average molecular weight is 540 g/mol. The third-order valence-electron chi connectivity index (χ3n) is 8.04. The largest absolute Gasteiger partial charge is 0.474 e. The number of ether oxygens (including phenoxy) is 1. The van der Waals surface area contributed by atoms with E-state index in [9.17, 15) is 9.18 Å². The number of nitrogens with two attached hydrogens (primary N) is 1. The highest BCUT2D eigenvalue weighted by molar-refractivity contribution is 5.96. The van der Waals surface area contributed by atoms with Crippen LogP contribution in [-0.4, -0.2) is 54.7 Å². The molecule has 9 nitrogen and oxygen atoms in total. The Bertz CT molecular complexity index is 1570. The lowest BCUT2D eigenvalue weighted by atomic mass is 9.95. The fourth-order valence-electron chi connectivity index (χ4n) is 5.55. The van der Waals surface area contributed by atoms with Crippen molar-refractivity contribution in [3.63, 3.8) is 0 Å². The molecule has 40 heavy (non-hydrogen) atoms. The van der Waals surface area contributed by atoms with Gasteiger partial charge < -0.3 is 15.4 Å². The zero-order valence-electron chi connectivity index (χ0n) is 22.4. The van der Waals surface area contributed by atoms with Crippen LogP contribution in [0.4, 0.5) is 4.39 Å². The Labute approximate surface area is 231 Å². The first kappa shape index (κ1) is 24.8. The van der Waals surface area contributed by atoms with Crippen molar-refractivity contribution in [1.82, 2.24) is 29.6 Å². The van der Waals surface area contributed by atoms with Crippen LogP contribution in [0.15, 0.2) is 61.1 Å². The Kier molecular flexibility index (Phi) is 5.71. The number of halogens is 1. The lowest BCUT2D eigenvalue weighted by Gasteiger charge is -2.22. The highest BCUT2D eigenvalue weighted by atomic mass is 19.1. The van der Waals surface area contributed by atoms with Gasteiger partial charge in [0.15, 0.2) is 0 Å². The van der Waals surface area contributed by atoms with Crippen LogP contribution in [0.1, 0.15) is 54.2 Å². The van der Waals surface area contributed by atoms with Gasteiger partial charge in [0.2, 0.25) is 11.8 Å². The summed E-state index contributed by atoms with van der Waals surface area (Å²) in [5, 5.41) is 4.68. The Morgan fingerprint density at radius 2 is 1.77 bits per heavy atom. The first-order valence-electron chi connectivity index (χ1n) is 13.6. The van der Waals surface area contributed by atoms with E-state index >= 15 is 0 Å². The van der Waals surface area contributed by atoms with Crippen molar-refractivity contribution in [1.29, 1.82) is 0 Å². The van der Waals surface area contributed by atoms with Crippen molar-refractivity contribution in [3.8, 4) is 23.1 Å². The molecule has 4 heterocycles. The molecule has 2 N–H and O–H groups in total. The van der Waals surface area contributed by atoms with Crippen LogP contribution in [0.5, 0.6) is 5.88 Å². The van der Waals surface area contributed by atoms with Crippen molar-refractivity contribution in [3.05, 3.63) is 83.7 Å². The van der Waals surface area contributed by atoms with Gasteiger partial charge >= 0.3 is 0 Å². The van der Waals surface area contributed by atoms with E-state index in [-0.39, 0.29) is 29.7 Å². The molecule has 0 unspecified atom stereocenters. The molecule has 1 aliphatic heterocycles. The molecule has 0 radical (unpaired) electrons. The second kappa shape index (κ2) is 9.19. The Hall–Kier alpha value is -4.18. The molecule has 204 valence electrons. The maximum absolute atomic E-state index is 13.6. The number of likely N-dealkylation sites (tertiary alicyclic amines) is 1. The van der Waals surface area contributed by atoms with E-state index in [0.717, 1.165) is 29.7 Å². The molecule has 3 aliphatic rings. The van der Waals surface area contributed by atoms with Gasteiger partial charge in [-0.3, -0.25) is 4.79 Å². The maximum Gasteiger partial charge on any atom is 0.257 e. The fourth-order valence-corrected chi connectivity index (χ4v) is 5.55. The molecule has 10 heteroatoms. The van der Waals surface area contributed by atoms with Crippen molar-refractivity contribution in [2.24, 2.45) is 17.6 Å². The smallest absolute Gasteiger partial charge is 0.257 e. The van der Waals surface area contributed by atoms with E-state index in [2.05, 4.69) is 15.1 Å². The Balaban J connectivity index is 1.07. The fraction of sp³-hybridized carbons (Fsp3) is 0.367. The minimum Gasteiger partial charge on any atom is -0.474 e. The zero-order valence-corrected chi connectivity index (χ0v) is 22.4. The summed E-state index contributed by atoms with van der Waals surface area (Å²) in [5.74, 6) is 1.45. The predicted octanol–water partition coefficient (Wildman–Crippen LogP) is 4.08. The van der Waals surface area contributed by atoms with Gasteiger partial charge in [-0.1, -0.05) is 0 Å². The molecule has 2 aliphatic carbocycles. The standard InChI is InChI=1S/C30H30FN7O2/c1-30(2,32)19-12-24(17-6-8-20(31)9-7-17)35-25(13-19)40-27-21-14-37(15-22(21)27)28(39)23-16-38(29-33-10-3-11-34-29)36-26(23)18-4-5-18/h3,6-13,16,18,21-22,27H,4-5,14-15,32H2,1-2H3/t21-,22+,27-. The quantitative estimate of drug-likeness (QED) is 0.377. The number of nitrogens with zero attached hydrogens (tertiary/aromatic N) is 6. The van der Waals surface area contributed by atoms with Crippen molar-refractivity contribution in [2.75, 3.05) is 13.1 Å². The molecule has 0 bridgehead atoms. The molecule has 2 saturated carbocycles. The number of carbonyl (C=O) groups excluding carboxylic acids is 1. The third-order valence-corrected chi connectivity index (χ3v) is 8.04. The van der Waals surface area contributed by atoms with Crippen LogP contribution in [-0.2, 0) is 5.54 Å². The van der Waals surface area contributed by atoms with Crippen LogP contribution >= 0.6 is 0 Å². The van der Waals surface area contributed by atoms with Crippen molar-refractivity contribution in [2.45, 2.75) is 44.2 Å². The van der Waals surface area contributed by atoms with E-state index in [1.165, 1.54) is 12.1 Å². The van der Waals surface area contributed by atoms with E-state index in [4.69, 9.17) is 15.5 Å². The number of benzene rings is 1. The van der Waals surface area contributed by atoms with Crippen LogP contribution in [0.25, 0.3) is 17.2 Å². The number of rotatable bonds is 7. The number of pyridine rings is 1. The lowest BCUT2D eigenvalue weighted by Crippen LogP contribution is -2.33. The second-order valence-electron chi connectivity index (χ2n) is 11.6. The molecule has 7 rings (SSSR count). The summed E-state index contributed by atoms with van der Waals surface area (Å²) < 4.78 is 21.5. The number of aromatic nitrogens is 5. The minimum atomic E-state index is -0.604.